The summed E-state index contributed by atoms with van der Waals surface area (Å²) in [5.74, 6) is -1.48. The van der Waals surface area contributed by atoms with Crippen LogP contribution in [0.4, 0.5) is 8.78 Å². The van der Waals surface area contributed by atoms with Crippen molar-refractivity contribution in [2.75, 3.05) is 0 Å². The van der Waals surface area contributed by atoms with E-state index in [0.29, 0.717) is 11.3 Å². The van der Waals surface area contributed by atoms with Gasteiger partial charge in [0.15, 0.2) is 17.4 Å². The molecule has 0 amide bonds. The Hall–Kier alpha value is -2.01. The van der Waals surface area contributed by atoms with Crippen molar-refractivity contribution < 1.29 is 18.6 Å². The summed E-state index contributed by atoms with van der Waals surface area (Å²) in [6.45, 7) is -0.221. The number of nitrogens with zero attached hydrogens (tertiary/aromatic N) is 1. The van der Waals surface area contributed by atoms with Crippen molar-refractivity contribution in [3.05, 3.63) is 53.9 Å². The van der Waals surface area contributed by atoms with Crippen molar-refractivity contribution in [1.29, 1.82) is 0 Å². The topological polar surface area (TPSA) is 42.4 Å². The van der Waals surface area contributed by atoms with Crippen molar-refractivity contribution in [2.45, 2.75) is 6.61 Å². The molecule has 0 unspecified atom stereocenters. The monoisotopic (exact) mass is 237 g/mol. The van der Waals surface area contributed by atoms with Gasteiger partial charge in [-0.3, -0.25) is 4.98 Å². The number of pyridine rings is 1. The minimum absolute atomic E-state index is 0.145. The summed E-state index contributed by atoms with van der Waals surface area (Å²) in [5, 5.41) is 9.05. The third-order valence-electron chi connectivity index (χ3n) is 2.16. The van der Waals surface area contributed by atoms with Gasteiger partial charge in [-0.1, -0.05) is 0 Å². The van der Waals surface area contributed by atoms with Gasteiger partial charge in [-0.25, -0.2) is 8.78 Å². The standard InChI is InChI=1S/C12H9F2NO2/c13-10-2-1-9(5-11(10)14)17-12-6-15-4-3-8(12)7-16/h1-6,16H,7H2. The van der Waals surface area contributed by atoms with Crippen molar-refractivity contribution in [3.63, 3.8) is 0 Å². The van der Waals surface area contributed by atoms with Crippen LogP contribution in [-0.4, -0.2) is 10.1 Å². The van der Waals surface area contributed by atoms with Crippen LogP contribution in [-0.2, 0) is 6.61 Å². The molecule has 0 bridgehead atoms. The summed E-state index contributed by atoms with van der Waals surface area (Å²) in [6, 6.07) is 4.78. The minimum Gasteiger partial charge on any atom is -0.455 e. The predicted octanol–water partition coefficient (Wildman–Crippen LogP) is 2.64. The molecule has 0 fully saturated rings. The zero-order valence-electron chi connectivity index (χ0n) is 8.73. The van der Waals surface area contributed by atoms with Gasteiger partial charge < -0.3 is 9.84 Å². The number of ether oxygens (including phenoxy) is 1. The molecule has 0 spiro atoms. The fourth-order valence-corrected chi connectivity index (χ4v) is 1.30. The number of rotatable bonds is 3. The zero-order valence-corrected chi connectivity index (χ0v) is 8.73. The minimum atomic E-state index is -0.989. The van der Waals surface area contributed by atoms with E-state index in [1.54, 1.807) is 6.07 Å². The van der Waals surface area contributed by atoms with Gasteiger partial charge in [-0.2, -0.15) is 0 Å². The van der Waals surface area contributed by atoms with Crippen LogP contribution in [0.25, 0.3) is 0 Å². The Balaban J connectivity index is 2.28. The molecule has 3 nitrogen and oxygen atoms in total. The number of halogens is 2. The Morgan fingerprint density at radius 3 is 2.71 bits per heavy atom. The second kappa shape index (κ2) is 4.88. The molecule has 0 aliphatic rings. The van der Waals surface area contributed by atoms with Gasteiger partial charge in [0.05, 0.1) is 12.8 Å². The quantitative estimate of drug-likeness (QED) is 0.892. The first-order valence-electron chi connectivity index (χ1n) is 4.87. The smallest absolute Gasteiger partial charge is 0.162 e. The van der Waals surface area contributed by atoms with E-state index in [1.807, 2.05) is 0 Å². The van der Waals surface area contributed by atoms with Gasteiger partial charge in [-0.15, -0.1) is 0 Å². The molecule has 1 N–H and O–H groups in total. The Morgan fingerprint density at radius 1 is 1.18 bits per heavy atom. The summed E-state index contributed by atoms with van der Waals surface area (Å²) in [5.41, 5.74) is 0.518. The highest BCUT2D eigenvalue weighted by Gasteiger charge is 2.07. The molecule has 0 aliphatic heterocycles. The van der Waals surface area contributed by atoms with E-state index in [-0.39, 0.29) is 12.4 Å². The van der Waals surface area contributed by atoms with Crippen molar-refractivity contribution in [1.82, 2.24) is 4.98 Å². The maximum absolute atomic E-state index is 12.9. The maximum atomic E-state index is 12.9. The van der Waals surface area contributed by atoms with E-state index < -0.39 is 11.6 Å². The molecular weight excluding hydrogens is 228 g/mol. The molecule has 88 valence electrons. The van der Waals surface area contributed by atoms with Crippen LogP contribution in [0.2, 0.25) is 0 Å². The van der Waals surface area contributed by atoms with Gasteiger partial charge in [0.2, 0.25) is 0 Å². The highest BCUT2D eigenvalue weighted by atomic mass is 19.2. The van der Waals surface area contributed by atoms with E-state index >= 15 is 0 Å². The summed E-state index contributed by atoms with van der Waals surface area (Å²) >= 11 is 0. The molecular formula is C12H9F2NO2. The van der Waals surface area contributed by atoms with Crippen LogP contribution in [0.1, 0.15) is 5.56 Å². The lowest BCUT2D eigenvalue weighted by atomic mass is 10.2. The SMILES string of the molecule is OCc1ccncc1Oc1ccc(F)c(F)c1. The van der Waals surface area contributed by atoms with E-state index in [9.17, 15) is 8.78 Å². The molecule has 0 saturated heterocycles. The Kier molecular flexibility index (Phi) is 3.30. The van der Waals surface area contributed by atoms with Crippen molar-refractivity contribution in [3.8, 4) is 11.5 Å². The zero-order chi connectivity index (χ0) is 12.3. The molecule has 5 heteroatoms. The second-order valence-corrected chi connectivity index (χ2v) is 3.32. The van der Waals surface area contributed by atoms with Crippen LogP contribution in [0, 0.1) is 11.6 Å². The number of aromatic nitrogens is 1. The lowest BCUT2D eigenvalue weighted by Gasteiger charge is -2.08. The largest absolute Gasteiger partial charge is 0.455 e. The van der Waals surface area contributed by atoms with E-state index in [1.165, 1.54) is 18.5 Å². The number of hydrogen-bond acceptors (Lipinski definition) is 3. The van der Waals surface area contributed by atoms with Crippen LogP contribution < -0.4 is 4.74 Å². The molecule has 1 aromatic carbocycles. The number of aliphatic hydroxyl groups excluding tert-OH is 1. The van der Waals surface area contributed by atoms with Crippen molar-refractivity contribution >= 4 is 0 Å². The third-order valence-corrected chi connectivity index (χ3v) is 2.16. The fourth-order valence-electron chi connectivity index (χ4n) is 1.30. The van der Waals surface area contributed by atoms with Crippen molar-refractivity contribution in [2.24, 2.45) is 0 Å². The van der Waals surface area contributed by atoms with Crippen LogP contribution in [0.3, 0.4) is 0 Å². The summed E-state index contributed by atoms with van der Waals surface area (Å²) in [6.07, 6.45) is 2.90. The highest BCUT2D eigenvalue weighted by Crippen LogP contribution is 2.25. The lowest BCUT2D eigenvalue weighted by Crippen LogP contribution is -1.93. The van der Waals surface area contributed by atoms with E-state index in [2.05, 4.69) is 4.98 Å². The molecule has 17 heavy (non-hydrogen) atoms. The lowest BCUT2D eigenvalue weighted by molar-refractivity contribution is 0.276. The number of benzene rings is 1. The average Bonchev–Trinajstić information content (AvgIpc) is 2.34. The van der Waals surface area contributed by atoms with Gasteiger partial charge >= 0.3 is 0 Å². The summed E-state index contributed by atoms with van der Waals surface area (Å²) < 4.78 is 31.0. The summed E-state index contributed by atoms with van der Waals surface area (Å²) in [7, 11) is 0. The van der Waals surface area contributed by atoms with Gasteiger partial charge in [0, 0.05) is 17.8 Å². The Bertz CT molecular complexity index is 532. The maximum Gasteiger partial charge on any atom is 0.162 e. The summed E-state index contributed by atoms with van der Waals surface area (Å²) in [4.78, 5) is 3.83. The highest BCUT2D eigenvalue weighted by molar-refractivity contribution is 5.35. The predicted molar refractivity (Wildman–Crippen MR) is 56.6 cm³/mol. The number of aliphatic hydroxyl groups is 1. The number of hydrogen-bond donors (Lipinski definition) is 1. The Labute approximate surface area is 96.3 Å². The second-order valence-electron chi connectivity index (χ2n) is 3.32. The fraction of sp³-hybridized carbons (Fsp3) is 0.0833. The molecule has 1 aromatic heterocycles. The van der Waals surface area contributed by atoms with Gasteiger partial charge in [0.25, 0.3) is 0 Å². The molecule has 0 atom stereocenters. The Morgan fingerprint density at radius 2 is 2.00 bits per heavy atom. The van der Waals surface area contributed by atoms with E-state index in [4.69, 9.17) is 9.84 Å². The molecule has 0 saturated carbocycles. The van der Waals surface area contributed by atoms with Gasteiger partial charge in [0.1, 0.15) is 5.75 Å². The molecule has 2 aromatic rings. The molecule has 0 radical (unpaired) electrons. The first kappa shape index (κ1) is 11.5. The molecule has 1 heterocycles. The first-order valence-corrected chi connectivity index (χ1v) is 4.87. The molecule has 2 rings (SSSR count). The van der Waals surface area contributed by atoms with Crippen LogP contribution in [0.15, 0.2) is 36.7 Å². The van der Waals surface area contributed by atoms with Crippen LogP contribution >= 0.6 is 0 Å². The molecule has 0 aliphatic carbocycles. The van der Waals surface area contributed by atoms with E-state index in [0.717, 1.165) is 12.1 Å². The van der Waals surface area contributed by atoms with Crippen LogP contribution in [0.5, 0.6) is 11.5 Å². The first-order chi connectivity index (χ1) is 8.20. The normalized spacial score (nSPS) is 10.3. The van der Waals surface area contributed by atoms with Gasteiger partial charge in [-0.05, 0) is 18.2 Å². The average molecular weight is 237 g/mol. The third kappa shape index (κ3) is 2.57.